The first kappa shape index (κ1) is 29.8. The molecule has 0 radical (unpaired) electrons. The van der Waals surface area contributed by atoms with E-state index in [2.05, 4.69) is 36.4 Å². The van der Waals surface area contributed by atoms with Crippen molar-refractivity contribution in [1.82, 2.24) is 16.1 Å². The predicted octanol–water partition coefficient (Wildman–Crippen LogP) is 0.502. The van der Waals surface area contributed by atoms with Crippen LogP contribution in [0.25, 0.3) is 0 Å². The molecule has 0 saturated heterocycles. The summed E-state index contributed by atoms with van der Waals surface area (Å²) in [6.07, 6.45) is 0.743. The number of benzene rings is 1. The Bertz CT molecular complexity index is 885. The molecule has 1 aromatic carbocycles. The zero-order valence-corrected chi connectivity index (χ0v) is 20.9. The molecule has 0 unspecified atom stereocenters. The monoisotopic (exact) mass is 492 g/mol. The Balaban J connectivity index is 2.96. The number of amides is 2. The van der Waals surface area contributed by atoms with E-state index in [1.54, 1.807) is 17.6 Å². The van der Waals surface area contributed by atoms with Gasteiger partial charge in [-0.1, -0.05) is 52.2 Å². The van der Waals surface area contributed by atoms with E-state index < -0.39 is 35.9 Å². The molecule has 0 aliphatic heterocycles. The standard InChI is InChI=1S/C22H37BN6O6/c1-14(2)13-18(23(32)33)27-20(31)17(7-6-12-25-21(24)28-29(34)35)26-19(30)15-8-10-16(11-9-15)22(3,4)5/h8-11,14,17-18,32-33H,6-7,12-13H2,1-5H3,(H,26,30)(H,27,31)(H3,24,25,28)/t17-,18-/m0/s1. The number of guanidine groups is 1. The lowest BCUT2D eigenvalue weighted by Gasteiger charge is -2.24. The molecule has 35 heavy (non-hydrogen) atoms. The zero-order valence-electron chi connectivity index (χ0n) is 20.9. The van der Waals surface area contributed by atoms with Gasteiger partial charge in [0.05, 0.1) is 5.94 Å². The van der Waals surface area contributed by atoms with Crippen LogP contribution in [-0.4, -0.2) is 58.5 Å². The number of hydrazine groups is 1. The second-order valence-corrected chi connectivity index (χ2v) is 9.79. The maximum absolute atomic E-state index is 13.0. The summed E-state index contributed by atoms with van der Waals surface area (Å²) in [6, 6.07) is 6.06. The molecule has 2 amide bonds. The van der Waals surface area contributed by atoms with Gasteiger partial charge in [0.1, 0.15) is 6.04 Å². The molecule has 1 rings (SSSR count). The third-order valence-corrected chi connectivity index (χ3v) is 5.19. The molecule has 0 aliphatic carbocycles. The fourth-order valence-corrected chi connectivity index (χ4v) is 3.30. The molecule has 1 aromatic rings. The number of nitro groups is 1. The minimum atomic E-state index is -1.76. The molecule has 12 nitrogen and oxygen atoms in total. The first-order chi connectivity index (χ1) is 16.2. The van der Waals surface area contributed by atoms with Gasteiger partial charge in [-0.05, 0) is 48.3 Å². The Morgan fingerprint density at radius 1 is 1.17 bits per heavy atom. The maximum Gasteiger partial charge on any atom is 0.475 e. The summed E-state index contributed by atoms with van der Waals surface area (Å²) in [5.74, 6) is -2.24. The van der Waals surface area contributed by atoms with Crippen LogP contribution in [0.2, 0.25) is 0 Å². The van der Waals surface area contributed by atoms with Crippen molar-refractivity contribution < 1.29 is 24.7 Å². The van der Waals surface area contributed by atoms with Crippen LogP contribution in [-0.2, 0) is 10.2 Å². The van der Waals surface area contributed by atoms with Crippen molar-refractivity contribution in [2.45, 2.75) is 71.3 Å². The summed E-state index contributed by atoms with van der Waals surface area (Å²) >= 11 is 0. The predicted molar refractivity (Wildman–Crippen MR) is 134 cm³/mol. The van der Waals surface area contributed by atoms with Crippen LogP contribution in [0, 0.1) is 16.0 Å². The topological polar surface area (TPSA) is 192 Å². The molecule has 194 valence electrons. The maximum atomic E-state index is 13.0. The average molecular weight is 492 g/mol. The van der Waals surface area contributed by atoms with Gasteiger partial charge in [-0.25, -0.2) is 15.1 Å². The lowest BCUT2D eigenvalue weighted by atomic mass is 9.75. The minimum Gasteiger partial charge on any atom is -0.426 e. The molecule has 0 fully saturated rings. The number of carbonyl (C=O) groups excluding carboxylic acids is 2. The molecule has 0 aromatic heterocycles. The quantitative estimate of drug-likeness (QED) is 0.0606. The summed E-state index contributed by atoms with van der Waals surface area (Å²) in [7, 11) is -1.76. The third kappa shape index (κ3) is 11.2. The molecule has 0 saturated carbocycles. The van der Waals surface area contributed by atoms with Gasteiger partial charge in [-0.15, -0.1) is 0 Å². The largest absolute Gasteiger partial charge is 0.475 e. The molecule has 0 spiro atoms. The van der Waals surface area contributed by atoms with Gasteiger partial charge >= 0.3 is 7.12 Å². The van der Waals surface area contributed by atoms with Crippen molar-refractivity contribution in [3.8, 4) is 0 Å². The second-order valence-electron chi connectivity index (χ2n) is 9.79. The van der Waals surface area contributed by atoms with Crippen LogP contribution in [0.1, 0.15) is 69.8 Å². The number of nitrogens with one attached hydrogen (secondary N) is 3. The van der Waals surface area contributed by atoms with Crippen LogP contribution >= 0.6 is 0 Å². The lowest BCUT2D eigenvalue weighted by molar-refractivity contribution is -0.525. The molecular weight excluding hydrogens is 455 g/mol. The number of nitrogens with two attached hydrogens (primary N) is 1. The van der Waals surface area contributed by atoms with E-state index >= 15 is 0 Å². The van der Waals surface area contributed by atoms with Crippen molar-refractivity contribution in [1.29, 1.82) is 0 Å². The van der Waals surface area contributed by atoms with Crippen molar-refractivity contribution >= 4 is 24.9 Å². The normalized spacial score (nSPS) is 13.7. The summed E-state index contributed by atoms with van der Waals surface area (Å²) in [5.41, 5.74) is 8.45. The number of rotatable bonds is 12. The second kappa shape index (κ2) is 13.6. The highest BCUT2D eigenvalue weighted by Gasteiger charge is 2.30. The SMILES string of the molecule is CC(C)C[C@H](NC(=O)[C@H](CCCN=C(N)N[N+](=O)[O-])NC(=O)c1ccc(C(C)(C)C)cc1)B(O)O. The van der Waals surface area contributed by atoms with E-state index in [4.69, 9.17) is 5.73 Å². The smallest absolute Gasteiger partial charge is 0.426 e. The van der Waals surface area contributed by atoms with E-state index in [1.807, 2.05) is 26.0 Å². The van der Waals surface area contributed by atoms with Crippen LogP contribution in [0.4, 0.5) is 0 Å². The summed E-state index contributed by atoms with van der Waals surface area (Å²) < 4.78 is 0. The summed E-state index contributed by atoms with van der Waals surface area (Å²) in [6.45, 7) is 10.0. The molecule has 2 atom stereocenters. The average Bonchev–Trinajstić information content (AvgIpc) is 2.73. The van der Waals surface area contributed by atoms with E-state index in [-0.39, 0.29) is 36.7 Å². The van der Waals surface area contributed by atoms with Crippen LogP contribution in [0.15, 0.2) is 29.3 Å². The third-order valence-electron chi connectivity index (χ3n) is 5.19. The van der Waals surface area contributed by atoms with E-state index in [0.717, 1.165) is 5.56 Å². The van der Waals surface area contributed by atoms with Crippen molar-refractivity contribution in [2.24, 2.45) is 16.6 Å². The molecule has 7 N–H and O–H groups in total. The molecular formula is C22H37BN6O6. The number of hydrogen-bond acceptors (Lipinski definition) is 7. The molecule has 0 aliphatic rings. The van der Waals surface area contributed by atoms with Gasteiger partial charge in [-0.3, -0.25) is 9.59 Å². The Morgan fingerprint density at radius 3 is 2.26 bits per heavy atom. The van der Waals surface area contributed by atoms with Crippen LogP contribution < -0.4 is 21.8 Å². The first-order valence-electron chi connectivity index (χ1n) is 11.5. The van der Waals surface area contributed by atoms with Gasteiger partial charge in [0.25, 0.3) is 11.9 Å². The van der Waals surface area contributed by atoms with Crippen molar-refractivity contribution in [3.05, 3.63) is 45.5 Å². The Morgan fingerprint density at radius 2 is 1.77 bits per heavy atom. The van der Waals surface area contributed by atoms with Gasteiger partial charge < -0.3 is 26.4 Å². The Labute approximate surface area is 206 Å². The van der Waals surface area contributed by atoms with Crippen LogP contribution in [0.5, 0.6) is 0 Å². The first-order valence-corrected chi connectivity index (χ1v) is 11.5. The highest BCUT2D eigenvalue weighted by atomic mass is 16.7. The Hall–Kier alpha value is -3.19. The highest BCUT2D eigenvalue weighted by Crippen LogP contribution is 2.22. The van der Waals surface area contributed by atoms with Crippen LogP contribution in [0.3, 0.4) is 0 Å². The zero-order chi connectivity index (χ0) is 26.8. The van der Waals surface area contributed by atoms with Gasteiger partial charge in [0.15, 0.2) is 5.03 Å². The lowest BCUT2D eigenvalue weighted by Crippen LogP contribution is -2.54. The molecule has 0 bridgehead atoms. The summed E-state index contributed by atoms with van der Waals surface area (Å²) in [4.78, 5) is 40.0. The van der Waals surface area contributed by atoms with Gasteiger partial charge in [0.2, 0.25) is 5.91 Å². The van der Waals surface area contributed by atoms with E-state index in [9.17, 15) is 29.8 Å². The van der Waals surface area contributed by atoms with Crippen molar-refractivity contribution in [2.75, 3.05) is 6.54 Å². The van der Waals surface area contributed by atoms with Crippen molar-refractivity contribution in [3.63, 3.8) is 0 Å². The number of hydrogen-bond donors (Lipinski definition) is 6. The number of aliphatic imine (C=N–C) groups is 1. The minimum absolute atomic E-state index is 0.0741. The Kier molecular flexibility index (Phi) is 11.6. The highest BCUT2D eigenvalue weighted by molar-refractivity contribution is 6.43. The van der Waals surface area contributed by atoms with E-state index in [0.29, 0.717) is 12.0 Å². The van der Waals surface area contributed by atoms with E-state index in [1.165, 1.54) is 0 Å². The van der Waals surface area contributed by atoms with Gasteiger partial charge in [0, 0.05) is 12.1 Å². The number of nitrogens with zero attached hydrogens (tertiary/aromatic N) is 2. The fraction of sp³-hybridized carbons (Fsp3) is 0.591. The molecule has 13 heteroatoms. The van der Waals surface area contributed by atoms with Gasteiger partial charge in [-0.2, -0.15) is 0 Å². The summed E-state index contributed by atoms with van der Waals surface area (Å²) in [5, 5.41) is 34.1. The molecule has 0 heterocycles. The number of carbonyl (C=O) groups is 2. The fourth-order valence-electron chi connectivity index (χ4n) is 3.30.